The number of furan rings is 1. The zero-order chi connectivity index (χ0) is 25.5. The molecule has 0 saturated carbocycles. The van der Waals surface area contributed by atoms with Crippen LogP contribution in [0.2, 0.25) is 0 Å². The van der Waals surface area contributed by atoms with Crippen molar-refractivity contribution in [3.05, 3.63) is 95.2 Å². The molecule has 3 aromatic carbocycles. The summed E-state index contributed by atoms with van der Waals surface area (Å²) < 4.78 is 11.7. The van der Waals surface area contributed by atoms with Crippen molar-refractivity contribution >= 4 is 53.5 Å². The average Bonchev–Trinajstić information content (AvgIpc) is 3.29. The molecule has 0 fully saturated rings. The number of carbonyl (C=O) groups excluding carboxylic acids is 1. The van der Waals surface area contributed by atoms with Crippen LogP contribution in [0.25, 0.3) is 22.1 Å². The molecule has 4 aromatic rings. The molecular weight excluding hydrogens is 481 g/mol. The zero-order valence-electron chi connectivity index (χ0n) is 20.3. The van der Waals surface area contributed by atoms with Crippen molar-refractivity contribution in [1.29, 1.82) is 0 Å². The second-order valence-corrected chi connectivity index (χ2v) is 9.57. The Hall–Kier alpha value is -2.95. The van der Waals surface area contributed by atoms with Gasteiger partial charge in [-0.2, -0.15) is 11.8 Å². The summed E-state index contributed by atoms with van der Waals surface area (Å²) in [4.78, 5) is 24.9. The number of benzene rings is 3. The van der Waals surface area contributed by atoms with Gasteiger partial charge in [0.25, 0.3) is 5.91 Å². The number of carboxylic acid groups (broad SMARTS) is 1. The fraction of sp³-hybridized carbons (Fsp3) is 0.241. The molecule has 1 atom stereocenters. The number of amides is 1. The zero-order valence-corrected chi connectivity index (χ0v) is 21.1. The van der Waals surface area contributed by atoms with E-state index in [2.05, 4.69) is 5.32 Å². The van der Waals surface area contributed by atoms with Gasteiger partial charge in [-0.3, -0.25) is 4.79 Å². The van der Waals surface area contributed by atoms with Crippen LogP contribution in [0.15, 0.2) is 77.2 Å². The van der Waals surface area contributed by atoms with Gasteiger partial charge in [0.05, 0.1) is 6.61 Å². The molecule has 0 spiro atoms. The molecule has 4 rings (SSSR count). The topological polar surface area (TPSA) is 88.8 Å². The van der Waals surface area contributed by atoms with E-state index in [1.54, 1.807) is 17.8 Å². The van der Waals surface area contributed by atoms with Gasteiger partial charge in [-0.25, -0.2) is 4.79 Å². The number of hydrogen-bond donors (Lipinski definition) is 2. The first-order valence-corrected chi connectivity index (χ1v) is 13.1. The summed E-state index contributed by atoms with van der Waals surface area (Å²) in [5, 5.41) is 13.3. The van der Waals surface area contributed by atoms with E-state index < -0.39 is 17.9 Å². The maximum absolute atomic E-state index is 13.2. The van der Waals surface area contributed by atoms with Crippen molar-refractivity contribution < 1.29 is 23.8 Å². The van der Waals surface area contributed by atoms with E-state index in [4.69, 9.17) is 9.15 Å². The fourth-order valence-corrected chi connectivity index (χ4v) is 4.56. The molecule has 8 heteroatoms. The number of thioether (sulfide) groups is 1. The van der Waals surface area contributed by atoms with E-state index in [0.29, 0.717) is 31.0 Å². The number of carboxylic acids is 1. The van der Waals surface area contributed by atoms with Gasteiger partial charge in [0.15, 0.2) is 0 Å². The number of para-hydroxylation sites is 1. The summed E-state index contributed by atoms with van der Waals surface area (Å²) in [5.74, 6) is -0.0538. The van der Waals surface area contributed by atoms with E-state index in [9.17, 15) is 14.7 Å². The number of hydrogen-bond acceptors (Lipinski definition) is 5. The number of fused-ring (bicyclic) bond motifs is 1. The Balaban J connectivity index is 0.00000380. The predicted octanol–water partition coefficient (Wildman–Crippen LogP) is 5.41. The van der Waals surface area contributed by atoms with Crippen LogP contribution in [0, 0.1) is 6.92 Å². The van der Waals surface area contributed by atoms with E-state index >= 15 is 0 Å². The van der Waals surface area contributed by atoms with Gasteiger partial charge in [0.2, 0.25) is 0 Å². The summed E-state index contributed by atoms with van der Waals surface area (Å²) >= 11 is 1.55. The Morgan fingerprint density at radius 1 is 1.00 bits per heavy atom. The second kappa shape index (κ2) is 13.6. The third-order valence-corrected chi connectivity index (χ3v) is 6.61. The predicted molar refractivity (Wildman–Crippen MR) is 150 cm³/mol. The standard InChI is InChI=1S/C29H29NO5S.Li.H/c1-19-7-3-5-9-23(19)25-15-20(17-34-18-22-16-21-8-4-6-10-27(21)35-22)11-12-24(25)28(31)30-26(29(32)33)13-14-36-2;;/h3-12,15-16,26H,13-14,17-18H2,1-2H3,(H,30,31)(H,32,33);;. The minimum atomic E-state index is -1.04. The number of aryl methyl sites for hydroxylation is 1. The van der Waals surface area contributed by atoms with Crippen molar-refractivity contribution in [3.8, 4) is 11.1 Å². The van der Waals surface area contributed by atoms with E-state index in [-0.39, 0.29) is 18.9 Å². The monoisotopic (exact) mass is 511 g/mol. The molecular formula is C29H30LiNO5S. The van der Waals surface area contributed by atoms with Crippen LogP contribution in [0.3, 0.4) is 0 Å². The number of aliphatic carboxylic acids is 1. The van der Waals surface area contributed by atoms with E-state index in [1.165, 1.54) is 0 Å². The summed E-state index contributed by atoms with van der Waals surface area (Å²) in [6.07, 6.45) is 2.27. The molecule has 1 heterocycles. The Kier molecular flexibility index (Phi) is 10.5. The van der Waals surface area contributed by atoms with Crippen LogP contribution in [0.4, 0.5) is 0 Å². The van der Waals surface area contributed by atoms with Gasteiger partial charge in [0, 0.05) is 10.9 Å². The summed E-state index contributed by atoms with van der Waals surface area (Å²) in [6.45, 7) is 2.65. The number of rotatable bonds is 11. The fourth-order valence-electron chi connectivity index (χ4n) is 4.08. The molecule has 188 valence electrons. The molecule has 0 bridgehead atoms. The van der Waals surface area contributed by atoms with Crippen molar-refractivity contribution in [2.24, 2.45) is 0 Å². The summed E-state index contributed by atoms with van der Waals surface area (Å²) in [7, 11) is 0. The Morgan fingerprint density at radius 2 is 1.76 bits per heavy atom. The molecule has 1 aromatic heterocycles. The molecule has 0 saturated heterocycles. The van der Waals surface area contributed by atoms with Gasteiger partial charge < -0.3 is 19.6 Å². The van der Waals surface area contributed by atoms with Crippen molar-refractivity contribution in [2.75, 3.05) is 12.0 Å². The summed E-state index contributed by atoms with van der Waals surface area (Å²) in [5.41, 5.74) is 4.83. The third-order valence-electron chi connectivity index (χ3n) is 5.97. The van der Waals surface area contributed by atoms with Gasteiger partial charge in [0.1, 0.15) is 24.0 Å². The molecule has 0 aliphatic rings. The van der Waals surface area contributed by atoms with Crippen LogP contribution in [-0.2, 0) is 22.7 Å². The molecule has 0 aliphatic carbocycles. The molecule has 0 aliphatic heterocycles. The van der Waals surface area contributed by atoms with Gasteiger partial charge in [-0.1, -0.05) is 48.5 Å². The van der Waals surface area contributed by atoms with Crippen LogP contribution in [-0.4, -0.2) is 53.9 Å². The van der Waals surface area contributed by atoms with Crippen molar-refractivity contribution in [1.82, 2.24) is 5.32 Å². The van der Waals surface area contributed by atoms with Crippen LogP contribution in [0.5, 0.6) is 0 Å². The van der Waals surface area contributed by atoms with Gasteiger partial charge >= 0.3 is 24.8 Å². The Bertz CT molecular complexity index is 1340. The first kappa shape index (κ1) is 28.6. The molecule has 1 amide bonds. The van der Waals surface area contributed by atoms with Crippen LogP contribution < -0.4 is 5.32 Å². The number of nitrogens with one attached hydrogen (secondary N) is 1. The van der Waals surface area contributed by atoms with E-state index in [0.717, 1.165) is 39.0 Å². The quantitative estimate of drug-likeness (QED) is 0.262. The van der Waals surface area contributed by atoms with E-state index in [1.807, 2.05) is 79.9 Å². The molecule has 6 nitrogen and oxygen atoms in total. The second-order valence-electron chi connectivity index (χ2n) is 8.58. The van der Waals surface area contributed by atoms with Gasteiger partial charge in [-0.05, 0) is 71.9 Å². The SMILES string of the molecule is CSCCC(NC(=O)c1ccc(COCc2cc3ccccc3o2)cc1-c1ccccc1C)C(=O)O.[LiH]. The normalized spacial score (nSPS) is 11.6. The molecule has 37 heavy (non-hydrogen) atoms. The Morgan fingerprint density at radius 3 is 2.49 bits per heavy atom. The number of carbonyl (C=O) groups is 2. The molecule has 1 unspecified atom stereocenters. The summed E-state index contributed by atoms with van der Waals surface area (Å²) in [6, 6.07) is 22.2. The average molecular weight is 512 g/mol. The van der Waals surface area contributed by atoms with Crippen molar-refractivity contribution in [3.63, 3.8) is 0 Å². The van der Waals surface area contributed by atoms with Crippen LogP contribution >= 0.6 is 11.8 Å². The third kappa shape index (κ3) is 7.30. The first-order chi connectivity index (χ1) is 17.5. The molecule has 0 radical (unpaired) electrons. The maximum atomic E-state index is 13.2. The van der Waals surface area contributed by atoms with Crippen molar-refractivity contribution in [2.45, 2.75) is 32.6 Å². The first-order valence-electron chi connectivity index (χ1n) is 11.7. The van der Waals surface area contributed by atoms with Crippen LogP contribution in [0.1, 0.15) is 33.7 Å². The molecule has 2 N–H and O–H groups in total. The Labute approximate surface area is 233 Å². The minimum absolute atomic E-state index is 0. The number of ether oxygens (including phenoxy) is 1. The van der Waals surface area contributed by atoms with Gasteiger partial charge in [-0.15, -0.1) is 0 Å².